The van der Waals surface area contributed by atoms with Crippen LogP contribution < -0.4 is 5.32 Å². The highest BCUT2D eigenvalue weighted by atomic mass is 32.2. The number of nitrogens with one attached hydrogen (secondary N) is 1. The molecule has 0 spiro atoms. The van der Waals surface area contributed by atoms with Crippen LogP contribution in [0.1, 0.15) is 63.9 Å². The molecule has 1 saturated carbocycles. The Balaban J connectivity index is 1.58. The summed E-state index contributed by atoms with van der Waals surface area (Å²) in [6.07, 6.45) is 6.11. The molecule has 4 amide bonds. The van der Waals surface area contributed by atoms with Crippen molar-refractivity contribution in [2.75, 3.05) is 18.1 Å². The molecule has 180 valence electrons. The van der Waals surface area contributed by atoms with Gasteiger partial charge in [-0.2, -0.15) is 0 Å². The predicted octanol–water partition coefficient (Wildman–Crippen LogP) is 2.58. The van der Waals surface area contributed by atoms with Crippen LogP contribution in [0.15, 0.2) is 30.3 Å². The van der Waals surface area contributed by atoms with Gasteiger partial charge in [-0.05, 0) is 31.2 Å². The van der Waals surface area contributed by atoms with Crippen LogP contribution in [-0.2, 0) is 25.0 Å². The molecule has 1 N–H and O–H groups in total. The van der Waals surface area contributed by atoms with Crippen LogP contribution >= 0.6 is 0 Å². The molecule has 3 aliphatic rings. The number of amides is 4. The summed E-state index contributed by atoms with van der Waals surface area (Å²) in [5, 5.41) is 2.89. The summed E-state index contributed by atoms with van der Waals surface area (Å²) in [5.74, 6) is -0.719. The van der Waals surface area contributed by atoms with Crippen molar-refractivity contribution in [3.63, 3.8) is 0 Å². The van der Waals surface area contributed by atoms with Crippen molar-refractivity contribution < 1.29 is 22.8 Å². The van der Waals surface area contributed by atoms with Crippen molar-refractivity contribution in [2.45, 2.75) is 75.9 Å². The molecule has 2 aliphatic heterocycles. The third-order valence-corrected chi connectivity index (χ3v) is 9.00. The number of imide groups is 1. The minimum Gasteiger partial charge on any atom is -0.334 e. The molecule has 9 heteroatoms. The highest BCUT2D eigenvalue weighted by molar-refractivity contribution is 7.91. The molecular weight excluding hydrogens is 442 g/mol. The summed E-state index contributed by atoms with van der Waals surface area (Å²) in [7, 11) is -3.17. The van der Waals surface area contributed by atoms with E-state index in [4.69, 9.17) is 0 Å². The van der Waals surface area contributed by atoms with E-state index in [0.29, 0.717) is 18.4 Å². The molecule has 0 radical (unpaired) electrons. The maximum Gasteiger partial charge on any atom is 0.325 e. The number of hydrogen-bond acceptors (Lipinski definition) is 5. The first-order valence-corrected chi connectivity index (χ1v) is 13.8. The third kappa shape index (κ3) is 4.65. The summed E-state index contributed by atoms with van der Waals surface area (Å²) in [5.41, 5.74) is -0.468. The van der Waals surface area contributed by atoms with Crippen molar-refractivity contribution in [1.82, 2.24) is 15.1 Å². The minimum atomic E-state index is -3.17. The van der Waals surface area contributed by atoms with Crippen LogP contribution in [0.5, 0.6) is 0 Å². The third-order valence-electron chi connectivity index (χ3n) is 7.25. The Kier molecular flexibility index (Phi) is 6.79. The van der Waals surface area contributed by atoms with Gasteiger partial charge < -0.3 is 10.2 Å². The molecule has 8 nitrogen and oxygen atoms in total. The fourth-order valence-electron chi connectivity index (χ4n) is 5.54. The van der Waals surface area contributed by atoms with E-state index in [2.05, 4.69) is 5.32 Å². The standard InChI is InChI=1S/C24H33N3O5S/c1-2-3-14-24(18-9-5-4-6-10-18)22(29)26(23(30)25-24)16-21(28)27(19-11-7-8-12-19)20-13-15-33(31,32)17-20/h4-6,9-10,19-20H,2-3,7-8,11-17H2,1H3,(H,25,30). The van der Waals surface area contributed by atoms with Crippen molar-refractivity contribution >= 4 is 27.7 Å². The predicted molar refractivity (Wildman–Crippen MR) is 124 cm³/mol. The molecular formula is C24H33N3O5S. The Hall–Kier alpha value is -2.42. The molecule has 1 aliphatic carbocycles. The molecule has 2 unspecified atom stereocenters. The topological polar surface area (TPSA) is 104 Å². The molecule has 33 heavy (non-hydrogen) atoms. The highest BCUT2D eigenvalue weighted by Gasteiger charge is 2.53. The van der Waals surface area contributed by atoms with Crippen LogP contribution in [0.2, 0.25) is 0 Å². The largest absolute Gasteiger partial charge is 0.334 e. The average molecular weight is 476 g/mol. The van der Waals surface area contributed by atoms with E-state index < -0.39 is 27.3 Å². The maximum absolute atomic E-state index is 13.6. The molecule has 0 bridgehead atoms. The summed E-state index contributed by atoms with van der Waals surface area (Å²) in [4.78, 5) is 42.8. The number of urea groups is 1. The summed E-state index contributed by atoms with van der Waals surface area (Å²) in [6, 6.07) is 8.19. The fourth-order valence-corrected chi connectivity index (χ4v) is 7.25. The summed E-state index contributed by atoms with van der Waals surface area (Å²) in [6.45, 7) is 1.66. The van der Waals surface area contributed by atoms with Gasteiger partial charge in [0.25, 0.3) is 5.91 Å². The molecule has 1 aromatic rings. The zero-order valence-electron chi connectivity index (χ0n) is 19.2. The first-order valence-electron chi connectivity index (χ1n) is 12.0. The van der Waals surface area contributed by atoms with E-state index in [-0.39, 0.29) is 36.0 Å². The van der Waals surface area contributed by atoms with Crippen LogP contribution in [0.4, 0.5) is 4.79 Å². The number of unbranched alkanes of at least 4 members (excludes halogenated alkanes) is 1. The van der Waals surface area contributed by atoms with Crippen LogP contribution in [0, 0.1) is 0 Å². The van der Waals surface area contributed by atoms with Gasteiger partial charge >= 0.3 is 6.03 Å². The minimum absolute atomic E-state index is 0.0319. The number of carbonyl (C=O) groups excluding carboxylic acids is 3. The van der Waals surface area contributed by atoms with Gasteiger partial charge in [-0.15, -0.1) is 0 Å². The van der Waals surface area contributed by atoms with Gasteiger partial charge in [-0.3, -0.25) is 14.5 Å². The Morgan fingerprint density at radius 3 is 2.42 bits per heavy atom. The number of nitrogens with zero attached hydrogens (tertiary/aromatic N) is 2. The van der Waals surface area contributed by atoms with E-state index >= 15 is 0 Å². The average Bonchev–Trinajstić information content (AvgIpc) is 3.49. The second-order valence-electron chi connectivity index (χ2n) is 9.49. The first-order chi connectivity index (χ1) is 15.8. The first kappa shape index (κ1) is 23.7. The van der Waals surface area contributed by atoms with Gasteiger partial charge in [-0.25, -0.2) is 13.2 Å². The molecule has 2 saturated heterocycles. The lowest BCUT2D eigenvalue weighted by Crippen LogP contribution is -2.52. The normalized spacial score (nSPS) is 27.2. The zero-order chi connectivity index (χ0) is 23.6. The maximum atomic E-state index is 13.6. The van der Waals surface area contributed by atoms with E-state index in [1.54, 1.807) is 4.90 Å². The number of sulfone groups is 1. The van der Waals surface area contributed by atoms with Gasteiger partial charge in [-0.1, -0.05) is 62.9 Å². The lowest BCUT2D eigenvalue weighted by molar-refractivity contribution is -0.142. The Morgan fingerprint density at radius 1 is 1.12 bits per heavy atom. The molecule has 4 rings (SSSR count). The Bertz CT molecular complexity index is 1010. The molecule has 0 aromatic heterocycles. The zero-order valence-corrected chi connectivity index (χ0v) is 20.0. The number of carbonyl (C=O) groups is 3. The summed E-state index contributed by atoms with van der Waals surface area (Å²) < 4.78 is 24.2. The number of hydrogen-bond donors (Lipinski definition) is 1. The van der Waals surface area contributed by atoms with Gasteiger partial charge in [0, 0.05) is 12.1 Å². The van der Waals surface area contributed by atoms with Gasteiger partial charge in [0.1, 0.15) is 12.1 Å². The van der Waals surface area contributed by atoms with Crippen molar-refractivity contribution in [3.05, 3.63) is 35.9 Å². The number of rotatable bonds is 8. The quantitative estimate of drug-likeness (QED) is 0.582. The van der Waals surface area contributed by atoms with Crippen molar-refractivity contribution in [2.24, 2.45) is 0 Å². The lowest BCUT2D eigenvalue weighted by atomic mass is 9.85. The van der Waals surface area contributed by atoms with Gasteiger partial charge in [0.05, 0.1) is 11.5 Å². The molecule has 1 aromatic carbocycles. The fraction of sp³-hybridized carbons (Fsp3) is 0.625. The second-order valence-corrected chi connectivity index (χ2v) is 11.7. The lowest BCUT2D eigenvalue weighted by Gasteiger charge is -2.35. The highest BCUT2D eigenvalue weighted by Crippen LogP contribution is 2.35. The van der Waals surface area contributed by atoms with Crippen molar-refractivity contribution in [1.29, 1.82) is 0 Å². The summed E-state index contributed by atoms with van der Waals surface area (Å²) >= 11 is 0. The second kappa shape index (κ2) is 9.44. The van der Waals surface area contributed by atoms with Crippen molar-refractivity contribution in [3.8, 4) is 0 Å². The van der Waals surface area contributed by atoms with E-state index in [9.17, 15) is 22.8 Å². The smallest absolute Gasteiger partial charge is 0.325 e. The van der Waals surface area contributed by atoms with Crippen LogP contribution in [0.25, 0.3) is 0 Å². The molecule has 2 atom stereocenters. The Morgan fingerprint density at radius 2 is 1.82 bits per heavy atom. The van der Waals surface area contributed by atoms with Crippen LogP contribution in [0.3, 0.4) is 0 Å². The van der Waals surface area contributed by atoms with Gasteiger partial charge in [0.15, 0.2) is 9.84 Å². The Labute approximate surface area is 195 Å². The monoisotopic (exact) mass is 475 g/mol. The SMILES string of the molecule is CCCCC1(c2ccccc2)NC(=O)N(CC(=O)N(C2CCCC2)C2CCS(=O)(=O)C2)C1=O. The van der Waals surface area contributed by atoms with E-state index in [1.165, 1.54) is 0 Å². The van der Waals surface area contributed by atoms with Crippen LogP contribution in [-0.4, -0.2) is 66.2 Å². The molecule has 3 fully saturated rings. The van der Waals surface area contributed by atoms with E-state index in [1.807, 2.05) is 37.3 Å². The molecule has 2 heterocycles. The van der Waals surface area contributed by atoms with E-state index in [0.717, 1.165) is 43.4 Å². The van der Waals surface area contributed by atoms with Gasteiger partial charge in [0.2, 0.25) is 5.91 Å². The number of benzene rings is 1.